The Bertz CT molecular complexity index is 331. The highest BCUT2D eigenvalue weighted by molar-refractivity contribution is 5.26. The predicted octanol–water partition coefficient (Wildman–Crippen LogP) is 2.94. The van der Waals surface area contributed by atoms with Gasteiger partial charge in [0.05, 0.1) is 0 Å². The van der Waals surface area contributed by atoms with Crippen LogP contribution < -0.4 is 11.3 Å². The fourth-order valence-corrected chi connectivity index (χ4v) is 2.39. The Morgan fingerprint density at radius 2 is 2.25 bits per heavy atom. The Morgan fingerprint density at radius 3 is 2.81 bits per heavy atom. The van der Waals surface area contributed by atoms with Crippen molar-refractivity contribution in [1.29, 1.82) is 0 Å². The first kappa shape index (κ1) is 11.6. The standard InChI is InChI=1S/C14H22N2/c1-2-11-5-4-8-13(9-11)14(16-15)10-12-6-3-7-12/h4-5,8-9,12,14,16H,2-3,6-7,10,15H2,1H3. The van der Waals surface area contributed by atoms with Crippen LogP contribution in [-0.4, -0.2) is 0 Å². The number of hydrogen-bond donors (Lipinski definition) is 2. The number of rotatable bonds is 5. The molecular weight excluding hydrogens is 196 g/mol. The zero-order valence-corrected chi connectivity index (χ0v) is 10.1. The molecule has 3 N–H and O–H groups in total. The van der Waals surface area contributed by atoms with Crippen LogP contribution in [0.3, 0.4) is 0 Å². The van der Waals surface area contributed by atoms with Crippen molar-refractivity contribution < 1.29 is 0 Å². The SMILES string of the molecule is CCc1cccc(C(CC2CCC2)NN)c1. The topological polar surface area (TPSA) is 38.0 Å². The smallest absolute Gasteiger partial charge is 0.0462 e. The lowest BCUT2D eigenvalue weighted by Gasteiger charge is -2.29. The largest absolute Gasteiger partial charge is 0.271 e. The second-order valence-corrected chi connectivity index (χ2v) is 4.85. The third kappa shape index (κ3) is 2.63. The molecule has 1 aromatic carbocycles. The maximum Gasteiger partial charge on any atom is 0.0462 e. The summed E-state index contributed by atoms with van der Waals surface area (Å²) in [6.07, 6.45) is 6.44. The summed E-state index contributed by atoms with van der Waals surface area (Å²) in [6.45, 7) is 2.19. The number of benzene rings is 1. The monoisotopic (exact) mass is 218 g/mol. The quantitative estimate of drug-likeness (QED) is 0.589. The van der Waals surface area contributed by atoms with Crippen LogP contribution in [0.1, 0.15) is 49.8 Å². The van der Waals surface area contributed by atoms with Crippen LogP contribution >= 0.6 is 0 Å². The first-order chi connectivity index (χ1) is 7.83. The average molecular weight is 218 g/mol. The summed E-state index contributed by atoms with van der Waals surface area (Å²) in [4.78, 5) is 0. The van der Waals surface area contributed by atoms with E-state index in [1.165, 1.54) is 36.8 Å². The summed E-state index contributed by atoms with van der Waals surface area (Å²) in [7, 11) is 0. The summed E-state index contributed by atoms with van der Waals surface area (Å²) in [5.41, 5.74) is 5.70. The number of nitrogens with one attached hydrogen (secondary N) is 1. The van der Waals surface area contributed by atoms with Gasteiger partial charge < -0.3 is 0 Å². The molecule has 1 aliphatic carbocycles. The molecule has 1 aromatic rings. The highest BCUT2D eigenvalue weighted by Gasteiger charge is 2.22. The zero-order chi connectivity index (χ0) is 11.4. The molecule has 1 saturated carbocycles. The molecule has 0 saturated heterocycles. The molecule has 88 valence electrons. The molecular formula is C14H22N2. The highest BCUT2D eigenvalue weighted by atomic mass is 15.2. The van der Waals surface area contributed by atoms with Gasteiger partial charge in [-0.25, -0.2) is 0 Å². The van der Waals surface area contributed by atoms with E-state index in [9.17, 15) is 0 Å². The predicted molar refractivity (Wildman–Crippen MR) is 67.8 cm³/mol. The van der Waals surface area contributed by atoms with E-state index in [1.807, 2.05) is 0 Å². The van der Waals surface area contributed by atoms with Crippen LogP contribution in [0.5, 0.6) is 0 Å². The second kappa shape index (κ2) is 5.46. The van der Waals surface area contributed by atoms with E-state index >= 15 is 0 Å². The zero-order valence-electron chi connectivity index (χ0n) is 10.1. The summed E-state index contributed by atoms with van der Waals surface area (Å²) in [5.74, 6) is 6.55. The Balaban J connectivity index is 2.05. The van der Waals surface area contributed by atoms with E-state index < -0.39 is 0 Å². The van der Waals surface area contributed by atoms with E-state index in [0.29, 0.717) is 6.04 Å². The molecule has 2 nitrogen and oxygen atoms in total. The van der Waals surface area contributed by atoms with Crippen molar-refractivity contribution in [2.45, 2.75) is 45.1 Å². The van der Waals surface area contributed by atoms with Crippen LogP contribution in [0.4, 0.5) is 0 Å². The Kier molecular flexibility index (Phi) is 3.97. The van der Waals surface area contributed by atoms with Crippen LogP contribution in [0.25, 0.3) is 0 Å². The van der Waals surface area contributed by atoms with Crippen LogP contribution in [0.15, 0.2) is 24.3 Å². The lowest BCUT2D eigenvalue weighted by atomic mass is 9.79. The number of aryl methyl sites for hydroxylation is 1. The van der Waals surface area contributed by atoms with Gasteiger partial charge in [0, 0.05) is 6.04 Å². The van der Waals surface area contributed by atoms with Crippen molar-refractivity contribution in [3.05, 3.63) is 35.4 Å². The van der Waals surface area contributed by atoms with Crippen molar-refractivity contribution in [2.24, 2.45) is 11.8 Å². The molecule has 1 atom stereocenters. The van der Waals surface area contributed by atoms with E-state index in [0.717, 1.165) is 12.3 Å². The van der Waals surface area contributed by atoms with Crippen molar-refractivity contribution in [3.8, 4) is 0 Å². The Labute approximate surface area is 98.2 Å². The van der Waals surface area contributed by atoms with Crippen molar-refractivity contribution in [1.82, 2.24) is 5.43 Å². The summed E-state index contributed by atoms with van der Waals surface area (Å²) in [5, 5.41) is 0. The van der Waals surface area contributed by atoms with E-state index in [-0.39, 0.29) is 0 Å². The molecule has 0 radical (unpaired) electrons. The second-order valence-electron chi connectivity index (χ2n) is 4.85. The maximum atomic E-state index is 5.67. The van der Waals surface area contributed by atoms with Crippen molar-refractivity contribution in [2.75, 3.05) is 0 Å². The Hall–Kier alpha value is -0.860. The fourth-order valence-electron chi connectivity index (χ4n) is 2.39. The highest BCUT2D eigenvalue weighted by Crippen LogP contribution is 2.34. The first-order valence-electron chi connectivity index (χ1n) is 6.38. The lowest BCUT2D eigenvalue weighted by Crippen LogP contribution is -2.31. The van der Waals surface area contributed by atoms with Gasteiger partial charge in [-0.15, -0.1) is 0 Å². The van der Waals surface area contributed by atoms with Gasteiger partial charge in [0.2, 0.25) is 0 Å². The van der Waals surface area contributed by atoms with Gasteiger partial charge in [-0.1, -0.05) is 50.5 Å². The van der Waals surface area contributed by atoms with Gasteiger partial charge in [-0.3, -0.25) is 11.3 Å². The fraction of sp³-hybridized carbons (Fsp3) is 0.571. The minimum atomic E-state index is 0.330. The molecule has 1 aliphatic rings. The molecule has 0 bridgehead atoms. The van der Waals surface area contributed by atoms with Crippen LogP contribution in [-0.2, 0) is 6.42 Å². The molecule has 0 aromatic heterocycles. The molecule has 0 spiro atoms. The number of hydrazine groups is 1. The molecule has 1 fully saturated rings. The van der Waals surface area contributed by atoms with Crippen molar-refractivity contribution in [3.63, 3.8) is 0 Å². The molecule has 1 unspecified atom stereocenters. The van der Waals surface area contributed by atoms with Crippen LogP contribution in [0, 0.1) is 5.92 Å². The van der Waals surface area contributed by atoms with E-state index in [1.54, 1.807) is 0 Å². The normalized spacial score (nSPS) is 18.1. The lowest BCUT2D eigenvalue weighted by molar-refractivity contribution is 0.262. The average Bonchev–Trinajstić information content (AvgIpc) is 2.28. The van der Waals surface area contributed by atoms with Gasteiger partial charge in [0.1, 0.15) is 0 Å². The Morgan fingerprint density at radius 1 is 1.44 bits per heavy atom. The minimum absolute atomic E-state index is 0.330. The van der Waals surface area contributed by atoms with Gasteiger partial charge in [-0.05, 0) is 29.9 Å². The molecule has 2 heteroatoms. The molecule has 0 amide bonds. The van der Waals surface area contributed by atoms with E-state index in [4.69, 9.17) is 5.84 Å². The maximum absolute atomic E-state index is 5.67. The van der Waals surface area contributed by atoms with Gasteiger partial charge >= 0.3 is 0 Å². The van der Waals surface area contributed by atoms with Crippen LogP contribution in [0.2, 0.25) is 0 Å². The molecule has 0 heterocycles. The molecule has 0 aliphatic heterocycles. The minimum Gasteiger partial charge on any atom is -0.271 e. The third-order valence-electron chi connectivity index (χ3n) is 3.76. The first-order valence-corrected chi connectivity index (χ1v) is 6.38. The van der Waals surface area contributed by atoms with Crippen molar-refractivity contribution >= 4 is 0 Å². The summed E-state index contributed by atoms with van der Waals surface area (Å²) >= 11 is 0. The van der Waals surface area contributed by atoms with E-state index in [2.05, 4.69) is 36.6 Å². The summed E-state index contributed by atoms with van der Waals surface area (Å²) in [6, 6.07) is 9.11. The van der Waals surface area contributed by atoms with Gasteiger partial charge in [0.15, 0.2) is 0 Å². The molecule has 2 rings (SSSR count). The van der Waals surface area contributed by atoms with Gasteiger partial charge in [-0.2, -0.15) is 0 Å². The van der Waals surface area contributed by atoms with Gasteiger partial charge in [0.25, 0.3) is 0 Å². The number of nitrogens with two attached hydrogens (primary N) is 1. The third-order valence-corrected chi connectivity index (χ3v) is 3.76. The number of hydrogen-bond acceptors (Lipinski definition) is 2. The molecule has 16 heavy (non-hydrogen) atoms. The summed E-state index contributed by atoms with van der Waals surface area (Å²) < 4.78 is 0.